The topological polar surface area (TPSA) is 38.3 Å². The summed E-state index contributed by atoms with van der Waals surface area (Å²) in [5.41, 5.74) is -0.386. The van der Waals surface area contributed by atoms with Crippen LogP contribution in [0.25, 0.3) is 0 Å². The summed E-state index contributed by atoms with van der Waals surface area (Å²) in [6.45, 7) is 5.65. The molecule has 2 fully saturated rings. The summed E-state index contributed by atoms with van der Waals surface area (Å²) in [5, 5.41) is 3.59. The van der Waals surface area contributed by atoms with Gasteiger partial charge in [0.2, 0.25) is 0 Å². The van der Waals surface area contributed by atoms with E-state index in [9.17, 15) is 4.79 Å². The number of carbonyl (C=O) groups is 1. The van der Waals surface area contributed by atoms with Crippen LogP contribution < -0.4 is 5.32 Å². The molecule has 0 radical (unpaired) electrons. The number of carbonyl (C=O) groups excluding carboxylic acids is 1. The van der Waals surface area contributed by atoms with Crippen LogP contribution in [-0.2, 0) is 9.53 Å². The maximum Gasteiger partial charge on any atom is 0.326 e. The van der Waals surface area contributed by atoms with E-state index in [1.54, 1.807) is 0 Å². The second-order valence-corrected chi connectivity index (χ2v) is 6.33. The maximum atomic E-state index is 12.4. The van der Waals surface area contributed by atoms with Crippen LogP contribution >= 0.6 is 0 Å². The Kier molecular flexibility index (Phi) is 5.26. The van der Waals surface area contributed by atoms with Gasteiger partial charge < -0.3 is 10.1 Å². The smallest absolute Gasteiger partial charge is 0.326 e. The first kappa shape index (κ1) is 14.8. The van der Waals surface area contributed by atoms with Crippen LogP contribution in [0.2, 0.25) is 0 Å². The summed E-state index contributed by atoms with van der Waals surface area (Å²) in [7, 11) is 0. The van der Waals surface area contributed by atoms with Crippen molar-refractivity contribution < 1.29 is 9.53 Å². The summed E-state index contributed by atoms with van der Waals surface area (Å²) in [6, 6.07) is 0. The average molecular weight is 267 g/mol. The predicted octanol–water partition coefficient (Wildman–Crippen LogP) is 3.28. The van der Waals surface area contributed by atoms with E-state index in [-0.39, 0.29) is 11.5 Å². The van der Waals surface area contributed by atoms with Gasteiger partial charge in [-0.1, -0.05) is 26.2 Å². The van der Waals surface area contributed by atoms with Crippen LogP contribution in [0.1, 0.15) is 65.2 Å². The highest BCUT2D eigenvalue weighted by molar-refractivity contribution is 5.81. The quantitative estimate of drug-likeness (QED) is 0.593. The molecule has 2 unspecified atom stereocenters. The summed E-state index contributed by atoms with van der Waals surface area (Å²) >= 11 is 0. The van der Waals surface area contributed by atoms with Crippen LogP contribution in [0.4, 0.5) is 0 Å². The van der Waals surface area contributed by atoms with E-state index in [2.05, 4.69) is 12.2 Å². The fourth-order valence-corrected chi connectivity index (χ4v) is 3.20. The van der Waals surface area contributed by atoms with Crippen LogP contribution in [0.5, 0.6) is 0 Å². The van der Waals surface area contributed by atoms with Crippen LogP contribution in [0, 0.1) is 11.8 Å². The molecule has 0 spiro atoms. The minimum Gasteiger partial charge on any atom is -0.465 e. The van der Waals surface area contributed by atoms with Gasteiger partial charge in [0.05, 0.1) is 6.61 Å². The molecule has 0 heterocycles. The molecule has 0 aromatic carbocycles. The van der Waals surface area contributed by atoms with Gasteiger partial charge in [0.1, 0.15) is 5.54 Å². The lowest BCUT2D eigenvalue weighted by molar-refractivity contribution is -0.152. The molecule has 2 atom stereocenters. The Morgan fingerprint density at radius 1 is 1.16 bits per heavy atom. The fraction of sp³-hybridized carbons (Fsp3) is 0.938. The van der Waals surface area contributed by atoms with E-state index in [1.165, 1.54) is 25.7 Å². The third-order valence-corrected chi connectivity index (χ3v) is 4.86. The van der Waals surface area contributed by atoms with E-state index in [4.69, 9.17) is 4.74 Å². The molecule has 0 amide bonds. The molecule has 19 heavy (non-hydrogen) atoms. The fourth-order valence-electron chi connectivity index (χ4n) is 3.20. The van der Waals surface area contributed by atoms with E-state index < -0.39 is 0 Å². The number of rotatable bonds is 6. The number of nitrogens with one attached hydrogen (secondary N) is 1. The van der Waals surface area contributed by atoms with Gasteiger partial charge in [-0.25, -0.2) is 0 Å². The highest BCUT2D eigenvalue weighted by Gasteiger charge is 2.41. The Morgan fingerprint density at radius 3 is 2.58 bits per heavy atom. The van der Waals surface area contributed by atoms with Gasteiger partial charge in [-0.05, 0) is 57.4 Å². The Hall–Kier alpha value is -0.570. The molecule has 0 aromatic heterocycles. The number of esters is 1. The van der Waals surface area contributed by atoms with Gasteiger partial charge in [0.25, 0.3) is 0 Å². The lowest BCUT2D eigenvalue weighted by Crippen LogP contribution is -2.53. The van der Waals surface area contributed by atoms with Crippen molar-refractivity contribution in [2.24, 2.45) is 11.8 Å². The Morgan fingerprint density at radius 2 is 1.95 bits per heavy atom. The van der Waals surface area contributed by atoms with Crippen LogP contribution in [0.15, 0.2) is 0 Å². The first-order valence-electron chi connectivity index (χ1n) is 8.12. The predicted molar refractivity (Wildman–Crippen MR) is 77.0 cm³/mol. The monoisotopic (exact) mass is 267 g/mol. The van der Waals surface area contributed by atoms with Crippen molar-refractivity contribution in [2.75, 3.05) is 13.2 Å². The van der Waals surface area contributed by atoms with Crippen molar-refractivity contribution in [2.45, 2.75) is 70.8 Å². The first-order valence-corrected chi connectivity index (χ1v) is 8.12. The molecule has 0 aliphatic heterocycles. The van der Waals surface area contributed by atoms with E-state index >= 15 is 0 Å². The molecule has 2 rings (SSSR count). The molecule has 1 N–H and O–H groups in total. The van der Waals surface area contributed by atoms with Gasteiger partial charge in [-0.2, -0.15) is 0 Å². The molecule has 2 aliphatic carbocycles. The summed E-state index contributed by atoms with van der Waals surface area (Å²) in [4.78, 5) is 12.4. The highest BCUT2D eigenvalue weighted by atomic mass is 16.5. The second kappa shape index (κ2) is 6.74. The molecule has 2 aliphatic rings. The van der Waals surface area contributed by atoms with Crippen molar-refractivity contribution in [1.29, 1.82) is 0 Å². The minimum atomic E-state index is -0.386. The molecule has 3 nitrogen and oxygen atoms in total. The van der Waals surface area contributed by atoms with Crippen molar-refractivity contribution in [3.63, 3.8) is 0 Å². The summed E-state index contributed by atoms with van der Waals surface area (Å²) in [6.07, 6.45) is 9.37. The van der Waals surface area contributed by atoms with Crippen LogP contribution in [0.3, 0.4) is 0 Å². The SMILES string of the molecule is CCOC(=O)C1(NCC2CC2)CCCC(CC)CC1. The van der Waals surface area contributed by atoms with Crippen molar-refractivity contribution in [3.8, 4) is 0 Å². The zero-order valence-corrected chi connectivity index (χ0v) is 12.5. The van der Waals surface area contributed by atoms with Gasteiger partial charge in [0, 0.05) is 0 Å². The van der Waals surface area contributed by atoms with Gasteiger partial charge in [-0.15, -0.1) is 0 Å². The zero-order valence-electron chi connectivity index (χ0n) is 12.5. The third kappa shape index (κ3) is 3.95. The van der Waals surface area contributed by atoms with Crippen molar-refractivity contribution >= 4 is 5.97 Å². The standard InChI is InChI=1S/C16H29NO2/c1-3-13-6-5-10-16(11-9-13,15(18)19-4-2)17-12-14-7-8-14/h13-14,17H,3-12H2,1-2H3. The lowest BCUT2D eigenvalue weighted by atomic mass is 9.89. The number of hydrogen-bond acceptors (Lipinski definition) is 3. The lowest BCUT2D eigenvalue weighted by Gasteiger charge is -2.31. The summed E-state index contributed by atoms with van der Waals surface area (Å²) < 4.78 is 5.36. The van der Waals surface area contributed by atoms with E-state index in [0.29, 0.717) is 6.61 Å². The molecule has 0 saturated heterocycles. The largest absolute Gasteiger partial charge is 0.465 e. The number of ether oxygens (including phenoxy) is 1. The molecule has 3 heteroatoms. The third-order valence-electron chi connectivity index (χ3n) is 4.86. The second-order valence-electron chi connectivity index (χ2n) is 6.33. The highest BCUT2D eigenvalue weighted by Crippen LogP contribution is 2.35. The normalized spacial score (nSPS) is 31.8. The van der Waals surface area contributed by atoms with Crippen molar-refractivity contribution in [1.82, 2.24) is 5.32 Å². The minimum absolute atomic E-state index is 0.00703. The van der Waals surface area contributed by atoms with Crippen molar-refractivity contribution in [3.05, 3.63) is 0 Å². The first-order chi connectivity index (χ1) is 9.20. The molecular formula is C16H29NO2. The maximum absolute atomic E-state index is 12.4. The number of hydrogen-bond donors (Lipinski definition) is 1. The average Bonchev–Trinajstić information content (AvgIpc) is 3.24. The van der Waals surface area contributed by atoms with Crippen LogP contribution in [-0.4, -0.2) is 24.7 Å². The Labute approximate surface area is 117 Å². The summed E-state index contributed by atoms with van der Waals surface area (Å²) in [5.74, 6) is 1.59. The zero-order chi connectivity index (χ0) is 13.7. The Balaban J connectivity index is 2.00. The van der Waals surface area contributed by atoms with Gasteiger partial charge in [0.15, 0.2) is 0 Å². The van der Waals surface area contributed by atoms with Gasteiger partial charge >= 0.3 is 5.97 Å². The molecule has 0 aromatic rings. The molecular weight excluding hydrogens is 238 g/mol. The van der Waals surface area contributed by atoms with Gasteiger partial charge in [-0.3, -0.25) is 4.79 Å². The van der Waals surface area contributed by atoms with E-state index in [0.717, 1.165) is 44.1 Å². The molecule has 0 bridgehead atoms. The molecule has 2 saturated carbocycles. The van der Waals surface area contributed by atoms with E-state index in [1.807, 2.05) is 6.92 Å². The Bertz CT molecular complexity index is 301. The molecule has 110 valence electrons.